The number of carbonyl (C=O) groups is 1. The topological polar surface area (TPSA) is 69.0 Å². The van der Waals surface area contributed by atoms with Crippen molar-refractivity contribution in [1.29, 1.82) is 0 Å². The van der Waals surface area contributed by atoms with Crippen molar-refractivity contribution in [3.63, 3.8) is 0 Å². The molecule has 1 aliphatic heterocycles. The number of amides is 1. The Morgan fingerprint density at radius 3 is 2.64 bits per heavy atom. The Kier molecular flexibility index (Phi) is 10.9. The van der Waals surface area contributed by atoms with Crippen LogP contribution in [0.2, 0.25) is 25.7 Å². The Balaban J connectivity index is 1.88. The molecule has 1 saturated heterocycles. The highest BCUT2D eigenvalue weighted by Gasteiger charge is 2.25. The van der Waals surface area contributed by atoms with Crippen molar-refractivity contribution in [3.05, 3.63) is 0 Å². The van der Waals surface area contributed by atoms with Crippen LogP contribution in [0.5, 0.6) is 0 Å². The van der Waals surface area contributed by atoms with E-state index in [1.54, 1.807) is 7.11 Å². The van der Waals surface area contributed by atoms with Crippen LogP contribution in [0.15, 0.2) is 0 Å². The number of rotatable bonds is 14. The molecule has 0 bridgehead atoms. The maximum atomic E-state index is 11.5. The van der Waals surface area contributed by atoms with Gasteiger partial charge in [0.1, 0.15) is 6.61 Å². The predicted molar refractivity (Wildman–Crippen MR) is 104 cm³/mol. The van der Waals surface area contributed by atoms with Gasteiger partial charge in [0.25, 0.3) is 0 Å². The smallest absolute Gasteiger partial charge is 0.407 e. The molecule has 1 amide bonds. The van der Waals surface area contributed by atoms with Crippen molar-refractivity contribution in [3.8, 4) is 0 Å². The zero-order valence-electron chi connectivity index (χ0n) is 16.5. The quantitative estimate of drug-likeness (QED) is 0.277. The summed E-state index contributed by atoms with van der Waals surface area (Å²) in [7, 11) is -1.37. The summed E-state index contributed by atoms with van der Waals surface area (Å²) in [5, 5.41) is 2.78. The van der Waals surface area contributed by atoms with Crippen LogP contribution in [0.25, 0.3) is 0 Å². The van der Waals surface area contributed by atoms with Crippen LogP contribution < -0.4 is 5.32 Å². The first-order valence-corrected chi connectivity index (χ1v) is 14.6. The summed E-state index contributed by atoms with van der Waals surface area (Å²) >= 11 is 0. The average Bonchev–Trinajstić information content (AvgIpc) is 3.38. The largest absolute Gasteiger partial charge is 0.447 e. The fourth-order valence-electron chi connectivity index (χ4n) is 2.47. The average molecular weight is 393 g/mol. The van der Waals surface area contributed by atoms with Gasteiger partial charge in [-0.15, -0.1) is 0 Å². The molecule has 0 spiro atoms. The Hall–Kier alpha value is -0.456. The van der Waals surface area contributed by atoms with Crippen LogP contribution in [0, 0.1) is 0 Å². The molecule has 0 saturated carbocycles. The van der Waals surface area contributed by atoms with E-state index in [0.717, 1.165) is 18.9 Å². The van der Waals surface area contributed by atoms with Gasteiger partial charge in [0, 0.05) is 39.4 Å². The second kappa shape index (κ2) is 12.0. The molecule has 0 aromatic rings. The lowest BCUT2D eigenvalue weighted by Crippen LogP contribution is -2.38. The van der Waals surface area contributed by atoms with E-state index >= 15 is 0 Å². The molecule has 1 heterocycles. The highest BCUT2D eigenvalue weighted by molar-refractivity contribution is 6.73. The number of alkyl carbamates (subject to hydrolysis) is 1. The summed E-state index contributed by atoms with van der Waals surface area (Å²) in [6.45, 7) is 12.9. The first kappa shape index (κ1) is 22.6. The van der Waals surface area contributed by atoms with E-state index in [1.165, 1.54) is 13.1 Å². The van der Waals surface area contributed by atoms with Gasteiger partial charge >= 0.3 is 14.7 Å². The number of nitrogens with zero attached hydrogens (tertiary/aromatic N) is 1. The normalized spacial score (nSPS) is 17.2. The van der Waals surface area contributed by atoms with E-state index in [-0.39, 0.29) is 6.09 Å². The summed E-state index contributed by atoms with van der Waals surface area (Å²) in [6.07, 6.45) is 1.57. The lowest BCUT2D eigenvalue weighted by atomic mass is 10.2. The van der Waals surface area contributed by atoms with E-state index in [4.69, 9.17) is 18.0 Å². The maximum absolute atomic E-state index is 11.5. The molecule has 1 N–H and O–H groups in total. The standard InChI is InChI=1S/C16H36N2O5Si2/c1-15(18-9-10-18)7-8-17-16(19)22-13-12-21-11-6-14-24(3)23-25(4,5)20-2/h15,24H,6-14H2,1-5H3,(H,17,19). The number of nitrogens with one attached hydrogen (secondary N) is 1. The van der Waals surface area contributed by atoms with Gasteiger partial charge in [-0.3, -0.25) is 4.90 Å². The number of hydrogen-bond acceptors (Lipinski definition) is 6. The van der Waals surface area contributed by atoms with E-state index in [0.29, 0.717) is 32.4 Å². The zero-order chi connectivity index (χ0) is 18.7. The summed E-state index contributed by atoms with van der Waals surface area (Å²) in [4.78, 5) is 13.9. The van der Waals surface area contributed by atoms with Crippen LogP contribution in [-0.2, 0) is 18.0 Å². The van der Waals surface area contributed by atoms with E-state index in [2.05, 4.69) is 36.8 Å². The SMILES string of the molecule is CO[Si](C)(C)O[SiH](C)CCCOCCOC(=O)NCCC(C)N1CC1. The van der Waals surface area contributed by atoms with Crippen molar-refractivity contribution < 1.29 is 22.8 Å². The molecule has 0 aliphatic carbocycles. The van der Waals surface area contributed by atoms with Gasteiger partial charge in [-0.05, 0) is 45.5 Å². The predicted octanol–water partition coefficient (Wildman–Crippen LogP) is 1.93. The number of hydrogen-bond donors (Lipinski definition) is 1. The fraction of sp³-hybridized carbons (Fsp3) is 0.938. The highest BCUT2D eigenvalue weighted by atomic mass is 28.4. The van der Waals surface area contributed by atoms with Crippen LogP contribution in [0.3, 0.4) is 0 Å². The van der Waals surface area contributed by atoms with Gasteiger partial charge in [-0.1, -0.05) is 0 Å². The van der Waals surface area contributed by atoms with E-state index in [1.807, 2.05) is 0 Å². The minimum atomic E-state index is -1.90. The Morgan fingerprint density at radius 1 is 1.28 bits per heavy atom. The second-order valence-electron chi connectivity index (χ2n) is 7.02. The summed E-state index contributed by atoms with van der Waals surface area (Å²) in [5.74, 6) is 0. The van der Waals surface area contributed by atoms with Crippen molar-refractivity contribution in [2.24, 2.45) is 0 Å². The third-order valence-corrected chi connectivity index (χ3v) is 10.4. The molecule has 0 aromatic heterocycles. The molecular weight excluding hydrogens is 356 g/mol. The summed E-state index contributed by atoms with van der Waals surface area (Å²) in [5.41, 5.74) is 0. The number of carbonyl (C=O) groups excluding carboxylic acids is 1. The maximum Gasteiger partial charge on any atom is 0.407 e. The van der Waals surface area contributed by atoms with Crippen LogP contribution in [-0.4, -0.2) is 81.2 Å². The third kappa shape index (κ3) is 11.7. The molecular formula is C16H36N2O5Si2. The zero-order valence-corrected chi connectivity index (χ0v) is 18.7. The lowest BCUT2D eigenvalue weighted by Gasteiger charge is -2.24. The minimum Gasteiger partial charge on any atom is -0.447 e. The van der Waals surface area contributed by atoms with E-state index < -0.39 is 17.6 Å². The Labute approximate surface area is 155 Å². The molecule has 1 fully saturated rings. The first-order chi connectivity index (χ1) is 11.8. The van der Waals surface area contributed by atoms with Gasteiger partial charge in [-0.25, -0.2) is 4.79 Å². The molecule has 1 aliphatic rings. The molecule has 2 unspecified atom stereocenters. The van der Waals surface area contributed by atoms with Gasteiger partial charge in [0.15, 0.2) is 9.04 Å². The number of ether oxygens (including phenoxy) is 2. The van der Waals surface area contributed by atoms with Gasteiger partial charge in [0.2, 0.25) is 0 Å². The van der Waals surface area contributed by atoms with Crippen LogP contribution in [0.1, 0.15) is 19.8 Å². The highest BCUT2D eigenvalue weighted by Crippen LogP contribution is 2.12. The van der Waals surface area contributed by atoms with Gasteiger partial charge < -0.3 is 23.3 Å². The van der Waals surface area contributed by atoms with Crippen molar-refractivity contribution in [2.45, 2.75) is 51.5 Å². The Morgan fingerprint density at radius 2 is 2.00 bits per heavy atom. The van der Waals surface area contributed by atoms with Crippen LogP contribution in [0.4, 0.5) is 4.79 Å². The molecule has 0 aromatic carbocycles. The van der Waals surface area contributed by atoms with Gasteiger partial charge in [0.05, 0.1) is 6.61 Å². The molecule has 25 heavy (non-hydrogen) atoms. The van der Waals surface area contributed by atoms with Crippen molar-refractivity contribution in [1.82, 2.24) is 10.2 Å². The van der Waals surface area contributed by atoms with Crippen molar-refractivity contribution in [2.75, 3.05) is 46.6 Å². The van der Waals surface area contributed by atoms with E-state index in [9.17, 15) is 4.79 Å². The molecule has 7 nitrogen and oxygen atoms in total. The molecule has 2 atom stereocenters. The van der Waals surface area contributed by atoms with Crippen LogP contribution >= 0.6 is 0 Å². The Bertz CT molecular complexity index is 384. The lowest BCUT2D eigenvalue weighted by molar-refractivity contribution is 0.0728. The molecule has 1 rings (SSSR count). The minimum absolute atomic E-state index is 0.292. The molecule has 148 valence electrons. The fourth-order valence-corrected chi connectivity index (χ4v) is 7.95. The molecule has 9 heteroatoms. The second-order valence-corrected chi connectivity index (χ2v) is 13.4. The van der Waals surface area contributed by atoms with Crippen molar-refractivity contribution >= 4 is 23.7 Å². The summed E-state index contributed by atoms with van der Waals surface area (Å²) in [6, 6.07) is 1.60. The first-order valence-electron chi connectivity index (χ1n) is 9.29. The third-order valence-electron chi connectivity index (χ3n) is 4.27. The van der Waals surface area contributed by atoms with Gasteiger partial charge in [-0.2, -0.15) is 0 Å². The molecule has 0 radical (unpaired) electrons. The monoisotopic (exact) mass is 392 g/mol. The summed E-state index contributed by atoms with van der Waals surface area (Å²) < 4.78 is 22.0.